The summed E-state index contributed by atoms with van der Waals surface area (Å²) in [6.45, 7) is 10.3. The molecule has 0 radical (unpaired) electrons. The topological polar surface area (TPSA) is 130 Å². The first kappa shape index (κ1) is 28.1. The van der Waals surface area contributed by atoms with Gasteiger partial charge in [0.1, 0.15) is 24.4 Å². The third-order valence-electron chi connectivity index (χ3n) is 10.2. The summed E-state index contributed by atoms with van der Waals surface area (Å²) in [5, 5.41) is 11.6. The Morgan fingerprint density at radius 2 is 1.82 bits per heavy atom. The molecule has 1 spiro atoms. The number of rotatable bonds is 6. The second-order valence-electron chi connectivity index (χ2n) is 12.1. The number of carbonyl (C=O) groups excluding carboxylic acids is 3. The van der Waals surface area contributed by atoms with Crippen LogP contribution in [0.2, 0.25) is 0 Å². The average molecular weight is 549 g/mol. The second kappa shape index (κ2) is 9.89. The molecule has 5 aliphatic rings. The summed E-state index contributed by atoms with van der Waals surface area (Å²) in [6, 6.07) is 0. The SMILES string of the molecule is C/C=C(\C)C(=O)O[C@@H]1C[C@H](O)[C@]2(CO2)[C@]2(COC(C)=O)[C@@H](OC(C)=O)C[C@@H](C)[C@](C)([C@@H]3C[C@H]4C=CO[C@H]4O3)[C@@H]12. The quantitative estimate of drug-likeness (QED) is 0.229. The van der Waals surface area contributed by atoms with Crippen LogP contribution < -0.4 is 0 Å². The van der Waals surface area contributed by atoms with Crippen molar-refractivity contribution in [2.75, 3.05) is 13.2 Å². The minimum absolute atomic E-state index is 0.0693. The zero-order valence-corrected chi connectivity index (χ0v) is 23.5. The molecule has 0 aromatic heterocycles. The molecule has 4 fully saturated rings. The molecule has 3 heterocycles. The molecule has 216 valence electrons. The predicted molar refractivity (Wildman–Crippen MR) is 136 cm³/mol. The Kier molecular flexibility index (Phi) is 7.13. The van der Waals surface area contributed by atoms with Crippen molar-refractivity contribution in [2.24, 2.45) is 28.6 Å². The number of aliphatic hydroxyl groups excluding tert-OH is 1. The number of allylic oxidation sites excluding steroid dienone is 1. The highest BCUT2D eigenvalue weighted by atomic mass is 16.7. The van der Waals surface area contributed by atoms with E-state index in [0.29, 0.717) is 18.4 Å². The first-order valence-electron chi connectivity index (χ1n) is 13.8. The first-order chi connectivity index (χ1) is 18.4. The molecule has 0 amide bonds. The lowest BCUT2D eigenvalue weighted by molar-refractivity contribution is -0.292. The lowest BCUT2D eigenvalue weighted by Crippen LogP contribution is -2.75. The largest absolute Gasteiger partial charge is 0.472 e. The van der Waals surface area contributed by atoms with E-state index in [1.54, 1.807) is 26.2 Å². The zero-order valence-electron chi connectivity index (χ0n) is 23.5. The van der Waals surface area contributed by atoms with Crippen LogP contribution in [-0.4, -0.2) is 72.5 Å². The number of esters is 3. The fraction of sp³-hybridized carbons (Fsp3) is 0.759. The summed E-state index contributed by atoms with van der Waals surface area (Å²) < 4.78 is 36.2. The average Bonchev–Trinajstić information content (AvgIpc) is 3.38. The molecule has 10 nitrogen and oxygen atoms in total. The molecular weight excluding hydrogens is 508 g/mol. The highest BCUT2D eigenvalue weighted by Gasteiger charge is 2.81. The summed E-state index contributed by atoms with van der Waals surface area (Å²) in [4.78, 5) is 37.8. The molecule has 10 heteroatoms. The normalized spacial score (nSPS) is 46.2. The number of hydrogen-bond acceptors (Lipinski definition) is 10. The van der Waals surface area contributed by atoms with Crippen molar-refractivity contribution in [3.05, 3.63) is 24.0 Å². The van der Waals surface area contributed by atoms with Crippen LogP contribution in [0.1, 0.15) is 60.8 Å². The van der Waals surface area contributed by atoms with Crippen molar-refractivity contribution in [1.29, 1.82) is 0 Å². The van der Waals surface area contributed by atoms with Crippen LogP contribution in [0.15, 0.2) is 24.0 Å². The van der Waals surface area contributed by atoms with Crippen molar-refractivity contribution in [1.82, 2.24) is 0 Å². The van der Waals surface area contributed by atoms with Crippen molar-refractivity contribution >= 4 is 17.9 Å². The fourth-order valence-corrected chi connectivity index (χ4v) is 7.98. The van der Waals surface area contributed by atoms with Gasteiger partial charge in [0, 0.05) is 43.1 Å². The van der Waals surface area contributed by atoms with Crippen LogP contribution in [0.25, 0.3) is 0 Å². The van der Waals surface area contributed by atoms with Crippen LogP contribution in [0, 0.1) is 28.6 Å². The fourth-order valence-electron chi connectivity index (χ4n) is 7.98. The number of ether oxygens (including phenoxy) is 6. The Hall–Kier alpha value is -2.43. The van der Waals surface area contributed by atoms with Gasteiger partial charge in [-0.2, -0.15) is 0 Å². The first-order valence-corrected chi connectivity index (χ1v) is 13.8. The Morgan fingerprint density at radius 1 is 1.10 bits per heavy atom. The minimum atomic E-state index is -1.20. The van der Waals surface area contributed by atoms with E-state index in [-0.39, 0.29) is 37.6 Å². The maximum Gasteiger partial charge on any atom is 0.333 e. The minimum Gasteiger partial charge on any atom is -0.472 e. The maximum absolute atomic E-state index is 13.2. The van der Waals surface area contributed by atoms with Gasteiger partial charge in [-0.3, -0.25) is 9.59 Å². The molecule has 2 aliphatic carbocycles. The maximum atomic E-state index is 13.2. The molecule has 3 aliphatic heterocycles. The molecule has 11 atom stereocenters. The van der Waals surface area contributed by atoms with Gasteiger partial charge in [-0.05, 0) is 38.7 Å². The molecule has 2 saturated carbocycles. The van der Waals surface area contributed by atoms with Gasteiger partial charge >= 0.3 is 17.9 Å². The van der Waals surface area contributed by atoms with Gasteiger partial charge in [0.05, 0.1) is 30.5 Å². The Morgan fingerprint density at radius 3 is 2.41 bits per heavy atom. The lowest BCUT2D eigenvalue weighted by atomic mass is 9.41. The van der Waals surface area contributed by atoms with Crippen molar-refractivity contribution < 1.29 is 47.9 Å². The van der Waals surface area contributed by atoms with Crippen LogP contribution in [-0.2, 0) is 42.8 Å². The van der Waals surface area contributed by atoms with Crippen LogP contribution in [0.3, 0.4) is 0 Å². The Balaban J connectivity index is 1.69. The van der Waals surface area contributed by atoms with Gasteiger partial charge in [0.2, 0.25) is 6.29 Å². The molecular formula is C29H40O10. The van der Waals surface area contributed by atoms with E-state index in [1.165, 1.54) is 13.8 Å². The smallest absolute Gasteiger partial charge is 0.333 e. The molecule has 5 rings (SSSR count). The summed E-state index contributed by atoms with van der Waals surface area (Å²) in [5.74, 6) is -2.03. The van der Waals surface area contributed by atoms with Gasteiger partial charge in [-0.25, -0.2) is 4.79 Å². The molecule has 2 saturated heterocycles. The summed E-state index contributed by atoms with van der Waals surface area (Å²) in [5.41, 5.74) is -2.56. The van der Waals surface area contributed by atoms with E-state index >= 15 is 0 Å². The lowest BCUT2D eigenvalue weighted by Gasteiger charge is -2.65. The molecule has 0 aromatic rings. The van der Waals surface area contributed by atoms with E-state index < -0.39 is 64.9 Å². The van der Waals surface area contributed by atoms with Crippen LogP contribution in [0.4, 0.5) is 0 Å². The molecule has 0 aromatic carbocycles. The van der Waals surface area contributed by atoms with Crippen molar-refractivity contribution in [3.8, 4) is 0 Å². The van der Waals surface area contributed by atoms with E-state index in [2.05, 4.69) is 13.8 Å². The van der Waals surface area contributed by atoms with Gasteiger partial charge in [0.15, 0.2) is 0 Å². The number of aliphatic hydroxyl groups is 1. The molecule has 0 unspecified atom stereocenters. The number of epoxide rings is 1. The highest BCUT2D eigenvalue weighted by Crippen LogP contribution is 2.70. The second-order valence-corrected chi connectivity index (χ2v) is 12.1. The Bertz CT molecular complexity index is 1080. The highest BCUT2D eigenvalue weighted by molar-refractivity contribution is 5.87. The standard InChI is InChI=1S/C29H40O10/c1-7-15(2)25(33)38-20-12-21(32)29(14-36-29)28(13-35-17(4)30)23(37-18(5)31)10-16(3)27(6,24(20)28)22-11-19-8-9-34-26(19)39-22/h7-9,16,19-24,26,32H,10-14H2,1-6H3/b15-7+/t16-,19-,20-,21+,22+,23+,24-,26+,27-,28-,29-/m1/s1. The van der Waals surface area contributed by atoms with E-state index in [9.17, 15) is 19.5 Å². The van der Waals surface area contributed by atoms with Crippen molar-refractivity contribution in [2.45, 2.75) is 97.1 Å². The molecule has 1 N–H and O–H groups in total. The predicted octanol–water partition coefficient (Wildman–Crippen LogP) is 2.82. The summed E-state index contributed by atoms with van der Waals surface area (Å²) in [7, 11) is 0. The molecule has 0 bridgehead atoms. The summed E-state index contributed by atoms with van der Waals surface area (Å²) in [6.07, 6.45) is 3.26. The zero-order chi connectivity index (χ0) is 28.3. The number of carbonyl (C=O) groups is 3. The third-order valence-corrected chi connectivity index (χ3v) is 10.2. The van der Waals surface area contributed by atoms with E-state index in [0.717, 1.165) is 0 Å². The van der Waals surface area contributed by atoms with Gasteiger partial charge < -0.3 is 33.5 Å². The van der Waals surface area contributed by atoms with Gasteiger partial charge in [0.25, 0.3) is 0 Å². The van der Waals surface area contributed by atoms with Crippen LogP contribution in [0.5, 0.6) is 0 Å². The third kappa shape index (κ3) is 4.21. The number of fused-ring (bicyclic) bond motifs is 3. The molecule has 39 heavy (non-hydrogen) atoms. The van der Waals surface area contributed by atoms with E-state index in [1.807, 2.05) is 6.08 Å². The van der Waals surface area contributed by atoms with E-state index in [4.69, 9.17) is 28.4 Å². The van der Waals surface area contributed by atoms with Gasteiger partial charge in [-0.15, -0.1) is 0 Å². The number of hydrogen-bond donors (Lipinski definition) is 1. The Labute approximate surface area is 229 Å². The summed E-state index contributed by atoms with van der Waals surface area (Å²) >= 11 is 0. The van der Waals surface area contributed by atoms with Crippen LogP contribution >= 0.6 is 0 Å². The van der Waals surface area contributed by atoms with Crippen molar-refractivity contribution in [3.63, 3.8) is 0 Å². The monoisotopic (exact) mass is 548 g/mol. The van der Waals surface area contributed by atoms with Gasteiger partial charge in [-0.1, -0.05) is 19.9 Å².